The van der Waals surface area contributed by atoms with E-state index < -0.39 is 0 Å². The van der Waals surface area contributed by atoms with Crippen LogP contribution in [-0.4, -0.2) is 19.3 Å². The van der Waals surface area contributed by atoms with Crippen LogP contribution < -0.4 is 0 Å². The van der Waals surface area contributed by atoms with E-state index >= 15 is 0 Å². The molecular formula is C13H20N4. The van der Waals surface area contributed by atoms with Crippen molar-refractivity contribution in [3.63, 3.8) is 0 Å². The monoisotopic (exact) mass is 232 g/mol. The van der Waals surface area contributed by atoms with Crippen LogP contribution in [0.15, 0.2) is 31.1 Å². The first-order valence-corrected chi connectivity index (χ1v) is 5.86. The topological polar surface area (TPSA) is 35.6 Å². The van der Waals surface area contributed by atoms with Crippen LogP contribution in [0.5, 0.6) is 0 Å². The predicted octanol–water partition coefficient (Wildman–Crippen LogP) is 2.62. The Labute approximate surface area is 102 Å². The minimum Gasteiger partial charge on any atom is -0.349 e. The zero-order chi connectivity index (χ0) is 12.7. The van der Waals surface area contributed by atoms with Crippen LogP contribution in [0.3, 0.4) is 0 Å². The van der Waals surface area contributed by atoms with E-state index in [-0.39, 0.29) is 11.1 Å². The maximum Gasteiger partial charge on any atom is 0.137 e. The summed E-state index contributed by atoms with van der Waals surface area (Å²) in [6, 6.07) is 2.15. The summed E-state index contributed by atoms with van der Waals surface area (Å²) in [6.07, 6.45) is 7.63. The summed E-state index contributed by atoms with van der Waals surface area (Å²) in [4.78, 5) is 4.01. The molecule has 0 saturated heterocycles. The molecule has 0 bridgehead atoms. The summed E-state index contributed by atoms with van der Waals surface area (Å²) in [5.41, 5.74) is 1.17. The number of hydrogen-bond donors (Lipinski definition) is 0. The van der Waals surface area contributed by atoms with E-state index in [1.54, 1.807) is 12.7 Å². The van der Waals surface area contributed by atoms with Crippen molar-refractivity contribution in [1.29, 1.82) is 0 Å². The van der Waals surface area contributed by atoms with Crippen LogP contribution in [0.2, 0.25) is 0 Å². The van der Waals surface area contributed by atoms with E-state index in [1.165, 1.54) is 5.56 Å². The van der Waals surface area contributed by atoms with Gasteiger partial charge in [-0.3, -0.25) is 0 Å². The van der Waals surface area contributed by atoms with E-state index in [0.29, 0.717) is 0 Å². The largest absolute Gasteiger partial charge is 0.349 e. The molecule has 0 saturated carbocycles. The lowest BCUT2D eigenvalue weighted by molar-refractivity contribution is 0.376. The quantitative estimate of drug-likeness (QED) is 0.798. The molecular weight excluding hydrogens is 212 g/mol. The van der Waals surface area contributed by atoms with Crippen molar-refractivity contribution in [3.05, 3.63) is 36.7 Å². The molecule has 0 radical (unpaired) electrons. The predicted molar refractivity (Wildman–Crippen MR) is 67.9 cm³/mol. The first-order chi connectivity index (χ1) is 7.82. The summed E-state index contributed by atoms with van der Waals surface area (Å²) in [5, 5.41) is 4.23. The summed E-state index contributed by atoms with van der Waals surface area (Å²) in [5.74, 6) is 0. The zero-order valence-corrected chi connectivity index (χ0v) is 11.2. The molecule has 2 aromatic heterocycles. The Morgan fingerprint density at radius 2 is 1.82 bits per heavy atom. The van der Waals surface area contributed by atoms with Crippen LogP contribution in [0.4, 0.5) is 0 Å². The van der Waals surface area contributed by atoms with Gasteiger partial charge in [0.25, 0.3) is 0 Å². The summed E-state index contributed by atoms with van der Waals surface area (Å²) < 4.78 is 4.11. The highest BCUT2D eigenvalue weighted by Crippen LogP contribution is 2.26. The molecule has 4 nitrogen and oxygen atoms in total. The van der Waals surface area contributed by atoms with Gasteiger partial charge in [0.1, 0.15) is 12.7 Å². The van der Waals surface area contributed by atoms with Gasteiger partial charge in [0.15, 0.2) is 0 Å². The van der Waals surface area contributed by atoms with Crippen molar-refractivity contribution < 1.29 is 0 Å². The molecule has 17 heavy (non-hydrogen) atoms. The maximum atomic E-state index is 4.23. The summed E-state index contributed by atoms with van der Waals surface area (Å²) in [6.45, 7) is 10.9. The third kappa shape index (κ3) is 2.12. The van der Waals surface area contributed by atoms with Gasteiger partial charge in [0.05, 0.1) is 5.54 Å². The average Bonchev–Trinajstić information content (AvgIpc) is 2.89. The Kier molecular flexibility index (Phi) is 2.60. The Morgan fingerprint density at radius 1 is 1.12 bits per heavy atom. The highest BCUT2D eigenvalue weighted by Gasteiger charge is 2.25. The van der Waals surface area contributed by atoms with Gasteiger partial charge < -0.3 is 4.57 Å². The molecule has 0 aliphatic carbocycles. The molecule has 0 N–H and O–H groups in total. The standard InChI is InChI=1S/C13H20N4/c1-12(2,3)16-7-6-11(8-16)13(4,5)17-10-14-9-15-17/h6-10H,1-5H3. The summed E-state index contributed by atoms with van der Waals surface area (Å²) >= 11 is 0. The Bertz CT molecular complexity index is 486. The second-order valence-corrected chi connectivity index (χ2v) is 5.88. The van der Waals surface area contributed by atoms with Gasteiger partial charge in [0.2, 0.25) is 0 Å². The van der Waals surface area contributed by atoms with E-state index in [4.69, 9.17) is 0 Å². The molecule has 0 amide bonds. The average molecular weight is 232 g/mol. The van der Waals surface area contributed by atoms with Crippen LogP contribution >= 0.6 is 0 Å². The highest BCUT2D eigenvalue weighted by molar-refractivity contribution is 5.21. The van der Waals surface area contributed by atoms with Crippen LogP contribution in [0.1, 0.15) is 40.2 Å². The second-order valence-electron chi connectivity index (χ2n) is 5.88. The first-order valence-electron chi connectivity index (χ1n) is 5.86. The fourth-order valence-electron chi connectivity index (χ4n) is 1.80. The van der Waals surface area contributed by atoms with Gasteiger partial charge in [-0.25, -0.2) is 9.67 Å². The summed E-state index contributed by atoms with van der Waals surface area (Å²) in [7, 11) is 0. The van der Waals surface area contributed by atoms with E-state index in [0.717, 1.165) is 0 Å². The van der Waals surface area contributed by atoms with Crippen LogP contribution in [0.25, 0.3) is 0 Å². The van der Waals surface area contributed by atoms with Crippen molar-refractivity contribution in [2.24, 2.45) is 0 Å². The molecule has 0 fully saturated rings. The number of aromatic nitrogens is 4. The van der Waals surface area contributed by atoms with Crippen LogP contribution in [-0.2, 0) is 11.1 Å². The second kappa shape index (κ2) is 3.72. The Morgan fingerprint density at radius 3 is 2.29 bits per heavy atom. The molecule has 92 valence electrons. The van der Waals surface area contributed by atoms with Crippen LogP contribution in [0, 0.1) is 0 Å². The maximum absolute atomic E-state index is 4.23. The molecule has 0 atom stereocenters. The smallest absolute Gasteiger partial charge is 0.137 e. The minimum atomic E-state index is -0.174. The van der Waals surface area contributed by atoms with Crippen molar-refractivity contribution in [2.75, 3.05) is 0 Å². The van der Waals surface area contributed by atoms with Crippen molar-refractivity contribution in [2.45, 2.75) is 45.7 Å². The van der Waals surface area contributed by atoms with Crippen molar-refractivity contribution in [1.82, 2.24) is 19.3 Å². The van der Waals surface area contributed by atoms with E-state index in [2.05, 4.69) is 67.7 Å². The van der Waals surface area contributed by atoms with E-state index in [9.17, 15) is 0 Å². The van der Waals surface area contributed by atoms with E-state index in [1.807, 2.05) is 4.68 Å². The molecule has 0 unspecified atom stereocenters. The first kappa shape index (κ1) is 11.9. The number of nitrogens with zero attached hydrogens (tertiary/aromatic N) is 4. The number of hydrogen-bond acceptors (Lipinski definition) is 2. The normalized spacial score (nSPS) is 13.0. The zero-order valence-electron chi connectivity index (χ0n) is 11.2. The molecule has 0 aliphatic heterocycles. The lowest BCUT2D eigenvalue weighted by Crippen LogP contribution is -2.28. The molecule has 0 spiro atoms. The van der Waals surface area contributed by atoms with Crippen molar-refractivity contribution in [3.8, 4) is 0 Å². The fourth-order valence-corrected chi connectivity index (χ4v) is 1.80. The SMILES string of the molecule is CC(C)(C)n1ccc(C(C)(C)n2cncn2)c1. The molecule has 0 aromatic carbocycles. The minimum absolute atomic E-state index is 0.108. The lowest BCUT2D eigenvalue weighted by Gasteiger charge is -2.25. The highest BCUT2D eigenvalue weighted by atomic mass is 15.3. The molecule has 2 rings (SSSR count). The fraction of sp³-hybridized carbons (Fsp3) is 0.538. The van der Waals surface area contributed by atoms with Crippen molar-refractivity contribution >= 4 is 0 Å². The Balaban J connectivity index is 2.38. The lowest BCUT2D eigenvalue weighted by atomic mass is 9.98. The van der Waals surface area contributed by atoms with Gasteiger partial charge in [-0.1, -0.05) is 0 Å². The van der Waals surface area contributed by atoms with Gasteiger partial charge in [-0.2, -0.15) is 5.10 Å². The molecule has 4 heteroatoms. The Hall–Kier alpha value is -1.58. The van der Waals surface area contributed by atoms with Gasteiger partial charge in [0, 0.05) is 17.9 Å². The van der Waals surface area contributed by atoms with Gasteiger partial charge >= 0.3 is 0 Å². The third-order valence-corrected chi connectivity index (χ3v) is 3.17. The van der Waals surface area contributed by atoms with Gasteiger partial charge in [-0.15, -0.1) is 0 Å². The van der Waals surface area contributed by atoms with Gasteiger partial charge in [-0.05, 0) is 46.2 Å². The third-order valence-electron chi connectivity index (χ3n) is 3.17. The molecule has 0 aliphatic rings. The number of rotatable bonds is 2. The molecule has 2 aromatic rings. The molecule has 2 heterocycles.